The molecule has 0 aromatic heterocycles. The van der Waals surface area contributed by atoms with Gasteiger partial charge in [0.25, 0.3) is 5.91 Å². The number of carbonyl (C=O) groups excluding carboxylic acids is 1. The molecule has 3 heteroatoms. The van der Waals surface area contributed by atoms with E-state index in [1.54, 1.807) is 0 Å². The monoisotopic (exact) mass is 165 g/mol. The van der Waals surface area contributed by atoms with E-state index < -0.39 is 0 Å². The van der Waals surface area contributed by atoms with Crippen molar-refractivity contribution in [2.75, 3.05) is 7.11 Å². The van der Waals surface area contributed by atoms with Crippen LogP contribution in [0.1, 0.15) is 15.9 Å². The molecule has 0 atom stereocenters. The van der Waals surface area contributed by atoms with Gasteiger partial charge in [0.1, 0.15) is 0 Å². The first kappa shape index (κ1) is 8.74. The summed E-state index contributed by atoms with van der Waals surface area (Å²) in [5.74, 6) is 0.0515. The van der Waals surface area contributed by atoms with Gasteiger partial charge in [0, 0.05) is 19.2 Å². The highest BCUT2D eigenvalue weighted by atomic mass is 16.2. The number of benzene rings is 1. The lowest BCUT2D eigenvalue weighted by Gasteiger charge is -1.89. The van der Waals surface area contributed by atoms with Crippen LogP contribution in [-0.4, -0.2) is 18.1 Å². The predicted molar refractivity (Wildman–Crippen MR) is 45.8 cm³/mol. The Morgan fingerprint density at radius 3 is 2.67 bits per heavy atom. The van der Waals surface area contributed by atoms with E-state index in [9.17, 15) is 4.79 Å². The van der Waals surface area contributed by atoms with E-state index in [-0.39, 0.29) is 5.91 Å². The molecule has 1 heterocycles. The SMILES string of the molecule is CO.O=C1NCc2ccccc21. The van der Waals surface area contributed by atoms with Crippen molar-refractivity contribution < 1.29 is 9.90 Å². The highest BCUT2D eigenvalue weighted by Crippen LogP contribution is 2.13. The van der Waals surface area contributed by atoms with Crippen LogP contribution in [0.5, 0.6) is 0 Å². The number of hydrogen-bond acceptors (Lipinski definition) is 2. The lowest BCUT2D eigenvalue weighted by atomic mass is 10.1. The minimum Gasteiger partial charge on any atom is -0.400 e. The van der Waals surface area contributed by atoms with Crippen molar-refractivity contribution in [3.63, 3.8) is 0 Å². The van der Waals surface area contributed by atoms with Gasteiger partial charge in [0.2, 0.25) is 0 Å². The van der Waals surface area contributed by atoms with Crippen LogP contribution in [0.2, 0.25) is 0 Å². The van der Waals surface area contributed by atoms with Crippen molar-refractivity contribution >= 4 is 5.91 Å². The molecular weight excluding hydrogens is 154 g/mol. The van der Waals surface area contributed by atoms with Gasteiger partial charge in [-0.1, -0.05) is 18.2 Å². The normalized spacial score (nSPS) is 12.7. The Labute approximate surface area is 71.0 Å². The molecule has 2 N–H and O–H groups in total. The topological polar surface area (TPSA) is 49.3 Å². The maximum absolute atomic E-state index is 11.0. The zero-order valence-electron chi connectivity index (χ0n) is 6.87. The Bertz CT molecular complexity index is 284. The highest BCUT2D eigenvalue weighted by Gasteiger charge is 2.16. The first-order valence-electron chi connectivity index (χ1n) is 3.69. The molecule has 2 rings (SSSR count). The number of aliphatic hydroxyl groups excluding tert-OH is 1. The molecule has 0 unspecified atom stereocenters. The van der Waals surface area contributed by atoms with E-state index in [0.29, 0.717) is 6.54 Å². The summed E-state index contributed by atoms with van der Waals surface area (Å²) in [5, 5.41) is 9.75. The van der Waals surface area contributed by atoms with Crippen molar-refractivity contribution in [1.82, 2.24) is 5.32 Å². The summed E-state index contributed by atoms with van der Waals surface area (Å²) in [4.78, 5) is 11.0. The number of rotatable bonds is 0. The maximum atomic E-state index is 11.0. The molecule has 1 amide bonds. The molecule has 0 bridgehead atoms. The summed E-state index contributed by atoms with van der Waals surface area (Å²) in [6.45, 7) is 0.689. The molecule has 1 aliphatic heterocycles. The van der Waals surface area contributed by atoms with Crippen LogP contribution in [0, 0.1) is 0 Å². The number of amides is 1. The summed E-state index contributed by atoms with van der Waals surface area (Å²) in [6.07, 6.45) is 0. The first-order chi connectivity index (χ1) is 5.88. The third kappa shape index (κ3) is 1.46. The molecule has 0 saturated heterocycles. The fourth-order valence-electron chi connectivity index (χ4n) is 1.17. The third-order valence-electron chi connectivity index (χ3n) is 1.70. The van der Waals surface area contributed by atoms with Gasteiger partial charge in [0.15, 0.2) is 0 Å². The van der Waals surface area contributed by atoms with Crippen molar-refractivity contribution in [3.05, 3.63) is 35.4 Å². The van der Waals surface area contributed by atoms with E-state index >= 15 is 0 Å². The Kier molecular flexibility index (Phi) is 2.82. The number of hydrogen-bond donors (Lipinski definition) is 2. The molecule has 1 aromatic carbocycles. The second-order valence-electron chi connectivity index (χ2n) is 2.34. The Balaban J connectivity index is 0.000000336. The number of nitrogens with one attached hydrogen (secondary N) is 1. The lowest BCUT2D eigenvalue weighted by Crippen LogP contribution is -2.12. The van der Waals surface area contributed by atoms with Crippen LogP contribution in [-0.2, 0) is 6.54 Å². The van der Waals surface area contributed by atoms with E-state index in [2.05, 4.69) is 5.32 Å². The first-order valence-corrected chi connectivity index (χ1v) is 3.69. The minimum absolute atomic E-state index is 0.0515. The summed E-state index contributed by atoms with van der Waals surface area (Å²) in [6, 6.07) is 7.63. The molecule has 0 spiro atoms. The molecule has 12 heavy (non-hydrogen) atoms. The molecule has 0 saturated carbocycles. The van der Waals surface area contributed by atoms with Crippen molar-refractivity contribution in [1.29, 1.82) is 0 Å². The number of aliphatic hydroxyl groups is 1. The summed E-state index contributed by atoms with van der Waals surface area (Å²) in [5.41, 5.74) is 1.93. The third-order valence-corrected chi connectivity index (χ3v) is 1.70. The second-order valence-corrected chi connectivity index (χ2v) is 2.34. The van der Waals surface area contributed by atoms with Crippen LogP contribution in [0.15, 0.2) is 24.3 Å². The summed E-state index contributed by atoms with van der Waals surface area (Å²) >= 11 is 0. The zero-order valence-corrected chi connectivity index (χ0v) is 6.87. The van der Waals surface area contributed by atoms with Crippen LogP contribution >= 0.6 is 0 Å². The van der Waals surface area contributed by atoms with E-state index in [1.807, 2.05) is 24.3 Å². The molecule has 0 aliphatic carbocycles. The van der Waals surface area contributed by atoms with Crippen molar-refractivity contribution in [2.45, 2.75) is 6.54 Å². The van der Waals surface area contributed by atoms with Gasteiger partial charge < -0.3 is 10.4 Å². The summed E-state index contributed by atoms with van der Waals surface area (Å²) < 4.78 is 0. The molecule has 1 aliphatic rings. The maximum Gasteiger partial charge on any atom is 0.251 e. The van der Waals surface area contributed by atoms with Crippen molar-refractivity contribution in [2.24, 2.45) is 0 Å². The van der Waals surface area contributed by atoms with Crippen LogP contribution < -0.4 is 5.32 Å². The fourth-order valence-corrected chi connectivity index (χ4v) is 1.17. The predicted octanol–water partition coefficient (Wildman–Crippen LogP) is 0.539. The van der Waals surface area contributed by atoms with Gasteiger partial charge in [-0.25, -0.2) is 0 Å². The van der Waals surface area contributed by atoms with Gasteiger partial charge >= 0.3 is 0 Å². The average Bonchev–Trinajstić information content (AvgIpc) is 2.53. The van der Waals surface area contributed by atoms with Crippen molar-refractivity contribution in [3.8, 4) is 0 Å². The second kappa shape index (κ2) is 3.88. The van der Waals surface area contributed by atoms with Gasteiger partial charge in [-0.2, -0.15) is 0 Å². The molecule has 64 valence electrons. The van der Waals surface area contributed by atoms with Gasteiger partial charge in [0.05, 0.1) is 0 Å². The molecule has 1 aromatic rings. The van der Waals surface area contributed by atoms with E-state index in [0.717, 1.165) is 18.2 Å². The lowest BCUT2D eigenvalue weighted by molar-refractivity contribution is 0.0966. The minimum atomic E-state index is 0.0515. The number of fused-ring (bicyclic) bond motifs is 1. The Hall–Kier alpha value is -1.35. The van der Waals surface area contributed by atoms with E-state index in [1.165, 1.54) is 0 Å². The van der Waals surface area contributed by atoms with Gasteiger partial charge in [-0.05, 0) is 11.6 Å². The molecule has 0 fully saturated rings. The molecule has 0 radical (unpaired) electrons. The molecular formula is C9H11NO2. The Morgan fingerprint density at radius 2 is 2.00 bits per heavy atom. The quantitative estimate of drug-likeness (QED) is 0.589. The standard InChI is InChI=1S/C8H7NO.CH4O/c10-8-7-4-2-1-3-6(7)5-9-8;1-2/h1-4H,5H2,(H,9,10);2H,1H3. The van der Waals surface area contributed by atoms with E-state index in [4.69, 9.17) is 5.11 Å². The van der Waals surface area contributed by atoms with Crippen LogP contribution in [0.4, 0.5) is 0 Å². The Morgan fingerprint density at radius 1 is 1.33 bits per heavy atom. The number of carbonyl (C=O) groups is 1. The highest BCUT2D eigenvalue weighted by molar-refractivity contribution is 5.98. The fraction of sp³-hybridized carbons (Fsp3) is 0.222. The van der Waals surface area contributed by atoms with Crippen LogP contribution in [0.3, 0.4) is 0 Å². The zero-order chi connectivity index (χ0) is 8.97. The van der Waals surface area contributed by atoms with Gasteiger partial charge in [-0.15, -0.1) is 0 Å². The largest absolute Gasteiger partial charge is 0.400 e. The summed E-state index contributed by atoms with van der Waals surface area (Å²) in [7, 11) is 1.00. The van der Waals surface area contributed by atoms with Gasteiger partial charge in [-0.3, -0.25) is 4.79 Å². The smallest absolute Gasteiger partial charge is 0.251 e. The molecule has 3 nitrogen and oxygen atoms in total. The average molecular weight is 165 g/mol. The van der Waals surface area contributed by atoms with Crippen LogP contribution in [0.25, 0.3) is 0 Å².